The van der Waals surface area contributed by atoms with Crippen LogP contribution >= 0.6 is 11.3 Å². The quantitative estimate of drug-likeness (QED) is 0.669. The SMILES string of the molecule is COc1cc(C(=O)NCc2nc(C)c(C)s2)cc([N+](=O)[O-])c1C. The zero-order valence-corrected chi connectivity index (χ0v) is 14.1. The minimum absolute atomic E-state index is 0.143. The molecule has 0 atom stereocenters. The third-order valence-corrected chi connectivity index (χ3v) is 4.56. The maximum Gasteiger partial charge on any atom is 0.276 e. The van der Waals surface area contributed by atoms with E-state index in [1.54, 1.807) is 6.92 Å². The van der Waals surface area contributed by atoms with Crippen molar-refractivity contribution in [1.29, 1.82) is 0 Å². The highest BCUT2D eigenvalue weighted by Gasteiger charge is 2.20. The lowest BCUT2D eigenvalue weighted by atomic mass is 10.1. The molecule has 23 heavy (non-hydrogen) atoms. The minimum Gasteiger partial charge on any atom is -0.496 e. The number of aromatic nitrogens is 1. The molecule has 0 saturated carbocycles. The van der Waals surface area contributed by atoms with E-state index in [2.05, 4.69) is 10.3 Å². The normalized spacial score (nSPS) is 10.4. The summed E-state index contributed by atoms with van der Waals surface area (Å²) in [4.78, 5) is 28.3. The number of carbonyl (C=O) groups excluding carboxylic acids is 1. The van der Waals surface area contributed by atoms with E-state index in [4.69, 9.17) is 4.74 Å². The molecule has 1 aromatic heterocycles. The van der Waals surface area contributed by atoms with Gasteiger partial charge in [0.05, 0.1) is 29.8 Å². The van der Waals surface area contributed by atoms with Crippen molar-refractivity contribution in [2.24, 2.45) is 0 Å². The van der Waals surface area contributed by atoms with Crippen LogP contribution in [0.1, 0.15) is 31.5 Å². The van der Waals surface area contributed by atoms with Crippen molar-refractivity contribution in [2.45, 2.75) is 27.3 Å². The Morgan fingerprint density at radius 2 is 2.09 bits per heavy atom. The van der Waals surface area contributed by atoms with Crippen LogP contribution in [0.4, 0.5) is 5.69 Å². The molecular weight excluding hydrogens is 318 g/mol. The molecule has 1 amide bonds. The molecule has 2 rings (SSSR count). The van der Waals surface area contributed by atoms with Crippen molar-refractivity contribution in [2.75, 3.05) is 7.11 Å². The Morgan fingerprint density at radius 3 is 2.61 bits per heavy atom. The molecule has 0 aliphatic heterocycles. The van der Waals surface area contributed by atoms with Gasteiger partial charge in [0.25, 0.3) is 11.6 Å². The number of aryl methyl sites for hydroxylation is 2. The number of nitro groups is 1. The number of nitrogens with zero attached hydrogens (tertiary/aromatic N) is 2. The number of methoxy groups -OCH3 is 1. The first kappa shape index (κ1) is 16.9. The predicted molar refractivity (Wildman–Crippen MR) is 87.1 cm³/mol. The molecule has 2 aromatic rings. The third-order valence-electron chi connectivity index (χ3n) is 3.48. The monoisotopic (exact) mass is 335 g/mol. The summed E-state index contributed by atoms with van der Waals surface area (Å²) in [5.74, 6) is -0.0952. The number of thiazole rings is 1. The summed E-state index contributed by atoms with van der Waals surface area (Å²) in [5, 5.41) is 14.6. The van der Waals surface area contributed by atoms with Crippen LogP contribution in [0.5, 0.6) is 5.75 Å². The number of amides is 1. The van der Waals surface area contributed by atoms with E-state index in [1.807, 2.05) is 13.8 Å². The first-order chi connectivity index (χ1) is 10.8. The van der Waals surface area contributed by atoms with Gasteiger partial charge in [0.1, 0.15) is 10.8 Å². The molecule has 0 aliphatic carbocycles. The topological polar surface area (TPSA) is 94.4 Å². The van der Waals surface area contributed by atoms with E-state index in [-0.39, 0.29) is 17.8 Å². The zero-order valence-electron chi connectivity index (χ0n) is 13.3. The summed E-state index contributed by atoms with van der Waals surface area (Å²) in [7, 11) is 1.41. The highest BCUT2D eigenvalue weighted by molar-refractivity contribution is 7.11. The summed E-state index contributed by atoms with van der Waals surface area (Å²) in [5.41, 5.74) is 1.37. The van der Waals surface area contributed by atoms with E-state index < -0.39 is 10.8 Å². The molecule has 0 radical (unpaired) electrons. The third kappa shape index (κ3) is 3.65. The van der Waals surface area contributed by atoms with Crippen molar-refractivity contribution in [3.05, 3.63) is 49.0 Å². The summed E-state index contributed by atoms with van der Waals surface area (Å²) < 4.78 is 5.11. The van der Waals surface area contributed by atoms with Crippen molar-refractivity contribution in [3.63, 3.8) is 0 Å². The summed E-state index contributed by atoms with van der Waals surface area (Å²) in [6.45, 7) is 5.74. The number of hydrogen-bond donors (Lipinski definition) is 1. The zero-order chi connectivity index (χ0) is 17.1. The first-order valence-corrected chi connectivity index (χ1v) is 7.69. The molecule has 1 heterocycles. The molecule has 0 saturated heterocycles. The average molecular weight is 335 g/mol. The molecule has 0 spiro atoms. The Morgan fingerprint density at radius 1 is 1.39 bits per heavy atom. The number of nitrogens with one attached hydrogen (secondary N) is 1. The standard InChI is InChI=1S/C15H17N3O4S/c1-8-12(18(20)21)5-11(6-13(8)22-4)15(19)16-7-14-17-9(2)10(3)23-14/h5-6H,7H2,1-4H3,(H,16,19). The van der Waals surface area contributed by atoms with Gasteiger partial charge in [0.2, 0.25) is 0 Å². The minimum atomic E-state index is -0.526. The molecule has 8 heteroatoms. The fourth-order valence-electron chi connectivity index (χ4n) is 2.08. The smallest absolute Gasteiger partial charge is 0.276 e. The number of nitro benzene ring substituents is 1. The van der Waals surface area contributed by atoms with Crippen molar-refractivity contribution < 1.29 is 14.5 Å². The van der Waals surface area contributed by atoms with Gasteiger partial charge in [-0.05, 0) is 26.8 Å². The lowest BCUT2D eigenvalue weighted by Gasteiger charge is -2.09. The van der Waals surface area contributed by atoms with Crippen LogP contribution in [0.15, 0.2) is 12.1 Å². The highest BCUT2D eigenvalue weighted by Crippen LogP contribution is 2.29. The van der Waals surface area contributed by atoms with Gasteiger partial charge in [-0.25, -0.2) is 4.98 Å². The summed E-state index contributed by atoms with van der Waals surface area (Å²) in [6, 6.07) is 2.75. The Bertz CT molecular complexity index is 751. The molecule has 0 aliphatic rings. The van der Waals surface area contributed by atoms with Crippen LogP contribution in [0, 0.1) is 30.9 Å². The van der Waals surface area contributed by atoms with E-state index in [0.29, 0.717) is 11.3 Å². The second-order valence-corrected chi connectivity index (χ2v) is 6.30. The van der Waals surface area contributed by atoms with Gasteiger partial charge in [-0.1, -0.05) is 0 Å². The summed E-state index contributed by atoms with van der Waals surface area (Å²) in [6.07, 6.45) is 0. The number of ether oxygens (including phenoxy) is 1. The Labute approximate surface area is 137 Å². The Hall–Kier alpha value is -2.48. The highest BCUT2D eigenvalue weighted by atomic mass is 32.1. The maximum absolute atomic E-state index is 12.3. The number of benzene rings is 1. The number of rotatable bonds is 5. The van der Waals surface area contributed by atoms with Crippen LogP contribution in [-0.2, 0) is 6.54 Å². The van der Waals surface area contributed by atoms with Crippen molar-refractivity contribution in [3.8, 4) is 5.75 Å². The maximum atomic E-state index is 12.3. The van der Waals surface area contributed by atoms with E-state index in [0.717, 1.165) is 15.6 Å². The second kappa shape index (κ2) is 6.74. The molecule has 0 fully saturated rings. The molecule has 0 bridgehead atoms. The number of hydrogen-bond acceptors (Lipinski definition) is 6. The molecule has 122 valence electrons. The van der Waals surface area contributed by atoms with Crippen LogP contribution in [0.2, 0.25) is 0 Å². The lowest BCUT2D eigenvalue weighted by Crippen LogP contribution is -2.23. The van der Waals surface area contributed by atoms with Crippen LogP contribution in [0.25, 0.3) is 0 Å². The summed E-state index contributed by atoms with van der Waals surface area (Å²) >= 11 is 1.51. The average Bonchev–Trinajstić information content (AvgIpc) is 2.83. The van der Waals surface area contributed by atoms with Crippen LogP contribution in [0.3, 0.4) is 0 Å². The lowest BCUT2D eigenvalue weighted by molar-refractivity contribution is -0.385. The fourth-order valence-corrected chi connectivity index (χ4v) is 2.95. The first-order valence-electron chi connectivity index (χ1n) is 6.87. The van der Waals surface area contributed by atoms with E-state index in [9.17, 15) is 14.9 Å². The predicted octanol–water partition coefficient (Wildman–Crippen LogP) is 2.92. The van der Waals surface area contributed by atoms with E-state index in [1.165, 1.54) is 30.6 Å². The largest absolute Gasteiger partial charge is 0.496 e. The Kier molecular flexibility index (Phi) is 4.95. The van der Waals surface area contributed by atoms with Gasteiger partial charge < -0.3 is 10.1 Å². The molecule has 1 N–H and O–H groups in total. The van der Waals surface area contributed by atoms with Gasteiger partial charge in [-0.15, -0.1) is 11.3 Å². The molecule has 1 aromatic carbocycles. The van der Waals surface area contributed by atoms with Crippen molar-refractivity contribution in [1.82, 2.24) is 10.3 Å². The van der Waals surface area contributed by atoms with Gasteiger partial charge in [-0.3, -0.25) is 14.9 Å². The van der Waals surface area contributed by atoms with Gasteiger partial charge in [0, 0.05) is 16.5 Å². The molecular formula is C15H17N3O4S. The number of carbonyl (C=O) groups is 1. The molecule has 7 nitrogen and oxygen atoms in total. The molecule has 0 unspecified atom stereocenters. The van der Waals surface area contributed by atoms with Gasteiger partial charge in [-0.2, -0.15) is 0 Å². The fraction of sp³-hybridized carbons (Fsp3) is 0.333. The van der Waals surface area contributed by atoms with Crippen molar-refractivity contribution >= 4 is 22.9 Å². The van der Waals surface area contributed by atoms with Crippen LogP contribution < -0.4 is 10.1 Å². The van der Waals surface area contributed by atoms with E-state index >= 15 is 0 Å². The second-order valence-electron chi connectivity index (χ2n) is 5.01. The van der Waals surface area contributed by atoms with Crippen LogP contribution in [-0.4, -0.2) is 22.9 Å². The van der Waals surface area contributed by atoms with Gasteiger partial charge >= 0.3 is 0 Å². The van der Waals surface area contributed by atoms with Gasteiger partial charge in [0.15, 0.2) is 0 Å². The Balaban J connectivity index is 2.21.